The van der Waals surface area contributed by atoms with E-state index in [-0.39, 0.29) is 5.56 Å². The number of carbonyl (C=O) groups excluding carboxylic acids is 1. The average Bonchev–Trinajstić information content (AvgIpc) is 2.50. The molecule has 5 heteroatoms. The summed E-state index contributed by atoms with van der Waals surface area (Å²) in [5, 5.41) is 13.3. The van der Waals surface area contributed by atoms with Gasteiger partial charge in [0.1, 0.15) is 11.3 Å². The monoisotopic (exact) mass is 155 g/mol. The number of hydrogen-bond acceptors (Lipinski definition) is 3. The van der Waals surface area contributed by atoms with Crippen LogP contribution in [-0.4, -0.2) is 11.1 Å². The van der Waals surface area contributed by atoms with Crippen LogP contribution in [0.15, 0.2) is 10.7 Å². The van der Waals surface area contributed by atoms with E-state index in [9.17, 15) is 10.0 Å². The maximum absolute atomic E-state index is 10.7. The van der Waals surface area contributed by atoms with Crippen molar-refractivity contribution in [1.29, 1.82) is 0 Å². The number of hydroxylamine groups is 1. The van der Waals surface area contributed by atoms with Crippen molar-refractivity contribution >= 4 is 5.91 Å². The van der Waals surface area contributed by atoms with Gasteiger partial charge in [0.15, 0.2) is 0 Å². The third-order valence-corrected chi connectivity index (χ3v) is 1.30. The highest BCUT2D eigenvalue weighted by atomic mass is 16.5. The van der Waals surface area contributed by atoms with Gasteiger partial charge in [-0.15, -0.1) is 0 Å². The lowest BCUT2D eigenvalue weighted by Gasteiger charge is -1.92. The maximum atomic E-state index is 10.7. The summed E-state index contributed by atoms with van der Waals surface area (Å²) >= 11 is 0. The van der Waals surface area contributed by atoms with Crippen molar-refractivity contribution < 1.29 is 14.5 Å². The van der Waals surface area contributed by atoms with Gasteiger partial charge >= 0.3 is 0 Å². The summed E-state index contributed by atoms with van der Waals surface area (Å²) in [4.78, 5) is 10.7. The van der Waals surface area contributed by atoms with E-state index in [2.05, 4.69) is 9.68 Å². The number of rotatable bonds is 2. The Kier molecular flexibility index (Phi) is 2.22. The van der Waals surface area contributed by atoms with Crippen molar-refractivity contribution in [3.05, 3.63) is 17.5 Å². The number of hydrogen-bond donors (Lipinski definition) is 1. The van der Waals surface area contributed by atoms with Gasteiger partial charge < -0.3 is 4.52 Å². The van der Waals surface area contributed by atoms with Crippen LogP contribution in [0, 0.1) is 0 Å². The number of amides is 1. The van der Waals surface area contributed by atoms with Gasteiger partial charge in [-0.2, -0.15) is 5.48 Å². The maximum Gasteiger partial charge on any atom is 0.282 e. The molecule has 1 amide bonds. The van der Waals surface area contributed by atoms with Crippen LogP contribution in [0.4, 0.5) is 0 Å². The van der Waals surface area contributed by atoms with Gasteiger partial charge in [-0.25, -0.2) is 0 Å². The Balaban J connectivity index is 2.92. The quantitative estimate of drug-likeness (QED) is 0.624. The zero-order chi connectivity index (χ0) is 8.27. The highest BCUT2D eigenvalue weighted by molar-refractivity contribution is 5.93. The fourth-order valence-corrected chi connectivity index (χ4v) is 0.759. The third-order valence-electron chi connectivity index (χ3n) is 1.30. The second-order valence-electron chi connectivity index (χ2n) is 1.95. The first kappa shape index (κ1) is 7.74. The largest absolute Gasteiger partial charge is 0.361 e. The van der Waals surface area contributed by atoms with Crippen molar-refractivity contribution in [2.75, 3.05) is 0 Å². The lowest BCUT2D eigenvalue weighted by molar-refractivity contribution is 0.0463. The first-order valence-electron chi connectivity index (χ1n) is 3.15. The highest BCUT2D eigenvalue weighted by Crippen LogP contribution is 2.07. The molecule has 1 rings (SSSR count). The fraction of sp³-hybridized carbons (Fsp3) is 0.333. The van der Waals surface area contributed by atoms with Crippen molar-refractivity contribution in [1.82, 2.24) is 10.6 Å². The van der Waals surface area contributed by atoms with E-state index in [1.807, 2.05) is 6.92 Å². The summed E-state index contributed by atoms with van der Waals surface area (Å²) in [6.07, 6.45) is 1.77. The van der Waals surface area contributed by atoms with E-state index < -0.39 is 5.91 Å². The van der Waals surface area contributed by atoms with Crippen LogP contribution >= 0.6 is 0 Å². The molecule has 0 atom stereocenters. The summed E-state index contributed by atoms with van der Waals surface area (Å²) in [7, 11) is 0. The molecule has 1 aromatic rings. The molecule has 0 unspecified atom stereocenters. The van der Waals surface area contributed by atoms with Crippen LogP contribution in [0.2, 0.25) is 0 Å². The molecule has 0 aliphatic heterocycles. The molecule has 5 nitrogen and oxygen atoms in total. The second-order valence-corrected chi connectivity index (χ2v) is 1.95. The smallest absolute Gasteiger partial charge is 0.282 e. The van der Waals surface area contributed by atoms with E-state index in [1.165, 1.54) is 11.7 Å². The van der Waals surface area contributed by atoms with Crippen LogP contribution in [-0.2, 0) is 11.6 Å². The minimum Gasteiger partial charge on any atom is -0.361 e. The molecule has 0 bridgehead atoms. The highest BCUT2D eigenvalue weighted by Gasteiger charge is 2.13. The van der Waals surface area contributed by atoms with Crippen LogP contribution in [0.5, 0.6) is 0 Å². The standard InChI is InChI=1S/C6H7N2O3/c1-2-5-4(3-7-11-5)6(9)8-10/h3H,2H2,1H3,(H,8,9). The van der Waals surface area contributed by atoms with Crippen LogP contribution in [0.1, 0.15) is 23.0 Å². The SMILES string of the molecule is CCc1oncc1C(=O)N[O]. The minimum absolute atomic E-state index is 0.211. The van der Waals surface area contributed by atoms with E-state index >= 15 is 0 Å². The molecular weight excluding hydrogens is 148 g/mol. The molecule has 1 heterocycles. The molecule has 1 N–H and O–H groups in total. The number of aromatic nitrogens is 1. The molecule has 1 aromatic heterocycles. The Labute approximate surface area is 63.0 Å². The second kappa shape index (κ2) is 3.16. The average molecular weight is 155 g/mol. The molecule has 0 spiro atoms. The Morgan fingerprint density at radius 1 is 1.82 bits per heavy atom. The van der Waals surface area contributed by atoms with Gasteiger partial charge in [-0.1, -0.05) is 17.3 Å². The Hall–Kier alpha value is -1.36. The van der Waals surface area contributed by atoms with Crippen molar-refractivity contribution in [2.45, 2.75) is 13.3 Å². The molecule has 59 valence electrons. The van der Waals surface area contributed by atoms with Gasteiger partial charge in [-0.05, 0) is 0 Å². The summed E-state index contributed by atoms with van der Waals surface area (Å²) in [6, 6.07) is 0. The topological polar surface area (TPSA) is 75.0 Å². The molecule has 0 saturated heterocycles. The number of carbonyl (C=O) groups is 1. The van der Waals surface area contributed by atoms with Crippen molar-refractivity contribution in [3.8, 4) is 0 Å². The molecule has 0 aliphatic carbocycles. The molecule has 1 radical (unpaired) electrons. The van der Waals surface area contributed by atoms with Gasteiger partial charge in [0.05, 0.1) is 6.20 Å². The summed E-state index contributed by atoms with van der Waals surface area (Å²) in [5.41, 5.74) is 1.46. The molecule has 0 aliphatic rings. The Morgan fingerprint density at radius 2 is 2.55 bits per heavy atom. The summed E-state index contributed by atoms with van der Waals surface area (Å²) in [5.74, 6) is -0.276. The van der Waals surface area contributed by atoms with E-state index in [4.69, 9.17) is 0 Å². The number of nitrogens with one attached hydrogen (secondary N) is 1. The Bertz CT molecular complexity index is 256. The van der Waals surface area contributed by atoms with Crippen LogP contribution in [0.25, 0.3) is 0 Å². The first-order chi connectivity index (χ1) is 5.29. The molecular formula is C6H7N2O3. The lowest BCUT2D eigenvalue weighted by Crippen LogP contribution is -2.17. The third kappa shape index (κ3) is 1.38. The van der Waals surface area contributed by atoms with E-state index in [1.54, 1.807) is 0 Å². The van der Waals surface area contributed by atoms with Crippen LogP contribution in [0.3, 0.4) is 0 Å². The van der Waals surface area contributed by atoms with Gasteiger partial charge in [0, 0.05) is 6.42 Å². The van der Waals surface area contributed by atoms with E-state index in [0.29, 0.717) is 12.2 Å². The number of nitrogens with zero attached hydrogens (tertiary/aromatic N) is 1. The predicted octanol–water partition coefficient (Wildman–Crippen LogP) is 0.312. The van der Waals surface area contributed by atoms with Crippen molar-refractivity contribution in [3.63, 3.8) is 0 Å². The zero-order valence-corrected chi connectivity index (χ0v) is 5.96. The van der Waals surface area contributed by atoms with Gasteiger partial charge in [0.25, 0.3) is 5.91 Å². The first-order valence-corrected chi connectivity index (χ1v) is 3.15. The van der Waals surface area contributed by atoms with Gasteiger partial charge in [-0.3, -0.25) is 4.79 Å². The Morgan fingerprint density at radius 3 is 3.09 bits per heavy atom. The summed E-state index contributed by atoms with van der Waals surface area (Å²) < 4.78 is 4.69. The summed E-state index contributed by atoms with van der Waals surface area (Å²) in [6.45, 7) is 1.81. The fourth-order valence-electron chi connectivity index (χ4n) is 0.759. The molecule has 0 fully saturated rings. The predicted molar refractivity (Wildman–Crippen MR) is 34.0 cm³/mol. The molecule has 11 heavy (non-hydrogen) atoms. The molecule has 0 aromatic carbocycles. The normalized spacial score (nSPS) is 9.64. The van der Waals surface area contributed by atoms with Gasteiger partial charge in [0.2, 0.25) is 0 Å². The van der Waals surface area contributed by atoms with Crippen molar-refractivity contribution in [2.24, 2.45) is 0 Å². The minimum atomic E-state index is -0.705. The number of aryl methyl sites for hydroxylation is 1. The van der Waals surface area contributed by atoms with Crippen LogP contribution < -0.4 is 5.48 Å². The zero-order valence-electron chi connectivity index (χ0n) is 5.96. The van der Waals surface area contributed by atoms with E-state index in [0.717, 1.165) is 0 Å². The molecule has 0 saturated carbocycles. The lowest BCUT2D eigenvalue weighted by atomic mass is 10.2.